The zero-order valence-electron chi connectivity index (χ0n) is 10.5. The van der Waals surface area contributed by atoms with Gasteiger partial charge in [0.05, 0.1) is 4.47 Å². The van der Waals surface area contributed by atoms with Crippen LogP contribution >= 0.6 is 15.9 Å². The minimum absolute atomic E-state index is 0.411. The van der Waals surface area contributed by atoms with E-state index in [1.165, 1.54) is 18.4 Å². The summed E-state index contributed by atoms with van der Waals surface area (Å²) in [5, 5.41) is 13.4. The van der Waals surface area contributed by atoms with Crippen LogP contribution in [0.2, 0.25) is 0 Å². The van der Waals surface area contributed by atoms with Crippen LogP contribution < -0.4 is 5.32 Å². The maximum absolute atomic E-state index is 10.0. The van der Waals surface area contributed by atoms with E-state index in [-0.39, 0.29) is 0 Å². The van der Waals surface area contributed by atoms with Gasteiger partial charge in [-0.2, -0.15) is 0 Å². The lowest BCUT2D eigenvalue weighted by molar-refractivity contribution is 0.371. The molecule has 1 heterocycles. The van der Waals surface area contributed by atoms with Crippen LogP contribution in [0.4, 0.5) is 0 Å². The molecule has 2 N–H and O–H groups in total. The maximum atomic E-state index is 10.0. The van der Waals surface area contributed by atoms with Crippen LogP contribution in [0.1, 0.15) is 29.5 Å². The summed E-state index contributed by atoms with van der Waals surface area (Å²) in [6.07, 6.45) is 3.58. The van der Waals surface area contributed by atoms with Crippen molar-refractivity contribution >= 4 is 15.9 Å². The van der Waals surface area contributed by atoms with Crippen molar-refractivity contribution in [1.29, 1.82) is 0 Å². The van der Waals surface area contributed by atoms with Gasteiger partial charge in [-0.25, -0.2) is 0 Å². The number of aryl methyl sites for hydroxylation is 1. The molecule has 0 spiro atoms. The van der Waals surface area contributed by atoms with E-state index < -0.39 is 0 Å². The van der Waals surface area contributed by atoms with Crippen molar-refractivity contribution in [3.63, 3.8) is 0 Å². The number of hydrogen-bond acceptors (Lipinski definition) is 2. The maximum Gasteiger partial charge on any atom is 0.133 e. The quantitative estimate of drug-likeness (QED) is 0.878. The Balaban J connectivity index is 2.20. The minimum Gasteiger partial charge on any atom is -0.506 e. The van der Waals surface area contributed by atoms with Crippen molar-refractivity contribution in [3.8, 4) is 5.75 Å². The topological polar surface area (TPSA) is 32.3 Å². The molecule has 1 fully saturated rings. The summed E-state index contributed by atoms with van der Waals surface area (Å²) in [5.74, 6) is 1.17. The predicted molar refractivity (Wildman–Crippen MR) is 74.6 cm³/mol. The van der Waals surface area contributed by atoms with Crippen LogP contribution in [0.25, 0.3) is 0 Å². The molecule has 1 saturated heterocycles. The molecule has 2 rings (SSSR count). The number of benzene rings is 1. The zero-order chi connectivity index (χ0) is 12.4. The third kappa shape index (κ3) is 2.83. The monoisotopic (exact) mass is 297 g/mol. The van der Waals surface area contributed by atoms with Crippen molar-refractivity contribution in [1.82, 2.24) is 5.32 Å². The highest BCUT2D eigenvalue weighted by Crippen LogP contribution is 2.34. The average Bonchev–Trinajstić information content (AvgIpc) is 2.35. The number of piperidine rings is 1. The molecule has 94 valence electrons. The van der Waals surface area contributed by atoms with Crippen LogP contribution in [0.3, 0.4) is 0 Å². The van der Waals surface area contributed by atoms with E-state index in [2.05, 4.69) is 27.3 Å². The molecule has 0 bridgehead atoms. The molecular weight excluding hydrogens is 278 g/mol. The van der Waals surface area contributed by atoms with Crippen molar-refractivity contribution in [2.45, 2.75) is 33.1 Å². The largest absolute Gasteiger partial charge is 0.506 e. The van der Waals surface area contributed by atoms with Gasteiger partial charge in [-0.1, -0.05) is 6.07 Å². The van der Waals surface area contributed by atoms with Crippen LogP contribution in [0, 0.1) is 19.8 Å². The second kappa shape index (κ2) is 5.40. The van der Waals surface area contributed by atoms with Gasteiger partial charge in [0, 0.05) is 0 Å². The molecule has 0 radical (unpaired) electrons. The minimum atomic E-state index is 0.411. The van der Waals surface area contributed by atoms with Gasteiger partial charge in [-0.05, 0) is 84.7 Å². The van der Waals surface area contributed by atoms with Gasteiger partial charge in [-0.15, -0.1) is 0 Å². The van der Waals surface area contributed by atoms with E-state index in [1.807, 2.05) is 13.8 Å². The molecular formula is C14H20BrNO. The first-order valence-electron chi connectivity index (χ1n) is 6.28. The van der Waals surface area contributed by atoms with Gasteiger partial charge in [0.1, 0.15) is 5.75 Å². The Bertz CT molecular complexity index is 411. The molecule has 1 aliphatic heterocycles. The number of phenols is 1. The highest BCUT2D eigenvalue weighted by molar-refractivity contribution is 9.10. The Morgan fingerprint density at radius 2 is 2.00 bits per heavy atom. The Hall–Kier alpha value is -0.540. The lowest BCUT2D eigenvalue weighted by Gasteiger charge is -2.24. The highest BCUT2D eigenvalue weighted by Gasteiger charge is 2.17. The van der Waals surface area contributed by atoms with Gasteiger partial charge in [0.2, 0.25) is 0 Å². The molecule has 0 amide bonds. The molecule has 0 atom stereocenters. The lowest BCUT2D eigenvalue weighted by atomic mass is 9.88. The molecule has 17 heavy (non-hydrogen) atoms. The first-order chi connectivity index (χ1) is 8.09. The molecule has 1 aliphatic rings. The number of nitrogens with one attached hydrogen (secondary N) is 1. The molecule has 0 saturated carbocycles. The number of phenolic OH excluding ortho intramolecular Hbond substituents is 1. The van der Waals surface area contributed by atoms with Crippen molar-refractivity contribution in [3.05, 3.63) is 27.2 Å². The SMILES string of the molecule is Cc1cc(CC2CCNCC2)c(C)c(O)c1Br. The number of rotatable bonds is 2. The van der Waals surface area contributed by atoms with Crippen molar-refractivity contribution < 1.29 is 5.11 Å². The Morgan fingerprint density at radius 3 is 2.65 bits per heavy atom. The van der Waals surface area contributed by atoms with E-state index >= 15 is 0 Å². The highest BCUT2D eigenvalue weighted by atomic mass is 79.9. The molecule has 0 unspecified atom stereocenters. The Labute approximate surface area is 112 Å². The van der Waals surface area contributed by atoms with Gasteiger partial charge < -0.3 is 10.4 Å². The predicted octanol–water partition coefficient (Wildman–Crippen LogP) is 3.31. The summed E-state index contributed by atoms with van der Waals surface area (Å²) in [6.45, 7) is 6.31. The first-order valence-corrected chi connectivity index (χ1v) is 7.07. The standard InChI is InChI=1S/C14H20BrNO/c1-9-7-12(10(2)14(17)13(9)15)8-11-3-5-16-6-4-11/h7,11,16-17H,3-6,8H2,1-2H3. The number of aromatic hydroxyl groups is 1. The average molecular weight is 298 g/mol. The molecule has 0 aliphatic carbocycles. The van der Waals surface area contributed by atoms with Crippen LogP contribution in [-0.2, 0) is 6.42 Å². The second-order valence-electron chi connectivity index (χ2n) is 5.04. The zero-order valence-corrected chi connectivity index (χ0v) is 12.1. The number of hydrogen-bond donors (Lipinski definition) is 2. The van der Waals surface area contributed by atoms with E-state index in [0.717, 1.165) is 41.0 Å². The third-order valence-electron chi connectivity index (χ3n) is 3.75. The van der Waals surface area contributed by atoms with Gasteiger partial charge in [-0.3, -0.25) is 0 Å². The van der Waals surface area contributed by atoms with Crippen LogP contribution in [0.15, 0.2) is 10.5 Å². The lowest BCUT2D eigenvalue weighted by Crippen LogP contribution is -2.28. The van der Waals surface area contributed by atoms with E-state index in [9.17, 15) is 5.11 Å². The summed E-state index contributed by atoms with van der Waals surface area (Å²) in [7, 11) is 0. The smallest absolute Gasteiger partial charge is 0.133 e. The van der Waals surface area contributed by atoms with E-state index in [4.69, 9.17) is 0 Å². The molecule has 0 aromatic heterocycles. The summed E-state index contributed by atoms with van der Waals surface area (Å²) in [6, 6.07) is 2.21. The fourth-order valence-corrected chi connectivity index (χ4v) is 2.96. The van der Waals surface area contributed by atoms with Crippen LogP contribution in [-0.4, -0.2) is 18.2 Å². The summed E-state index contributed by atoms with van der Waals surface area (Å²) in [5.41, 5.74) is 3.45. The van der Waals surface area contributed by atoms with E-state index in [1.54, 1.807) is 0 Å². The number of halogens is 1. The molecule has 1 aromatic rings. The fraction of sp³-hybridized carbons (Fsp3) is 0.571. The fourth-order valence-electron chi connectivity index (χ4n) is 2.55. The molecule has 1 aromatic carbocycles. The Morgan fingerprint density at radius 1 is 1.35 bits per heavy atom. The van der Waals surface area contributed by atoms with Crippen molar-refractivity contribution in [2.24, 2.45) is 5.92 Å². The summed E-state index contributed by atoms with van der Waals surface area (Å²) >= 11 is 3.43. The summed E-state index contributed by atoms with van der Waals surface area (Å²) in [4.78, 5) is 0. The van der Waals surface area contributed by atoms with Gasteiger partial charge in [0.25, 0.3) is 0 Å². The first kappa shape index (κ1) is 12.9. The van der Waals surface area contributed by atoms with E-state index in [0.29, 0.717) is 5.75 Å². The normalized spacial score (nSPS) is 17.4. The second-order valence-corrected chi connectivity index (χ2v) is 5.83. The van der Waals surface area contributed by atoms with Crippen molar-refractivity contribution in [2.75, 3.05) is 13.1 Å². The summed E-state index contributed by atoms with van der Waals surface area (Å²) < 4.78 is 0.837. The van der Waals surface area contributed by atoms with Gasteiger partial charge >= 0.3 is 0 Å². The van der Waals surface area contributed by atoms with Crippen LogP contribution in [0.5, 0.6) is 5.75 Å². The third-order valence-corrected chi connectivity index (χ3v) is 4.75. The molecule has 2 nitrogen and oxygen atoms in total. The Kier molecular flexibility index (Phi) is 4.10. The molecule has 3 heteroatoms. The van der Waals surface area contributed by atoms with Gasteiger partial charge in [0.15, 0.2) is 0 Å².